The van der Waals surface area contributed by atoms with Crippen LogP contribution in [-0.2, 0) is 18.4 Å². The third-order valence-corrected chi connectivity index (χ3v) is 13.4. The Morgan fingerprint density at radius 1 is 0.524 bits per heavy atom. The molecule has 0 aromatic rings. The molecular weight excluding hydrogens is 804 g/mol. The van der Waals surface area contributed by atoms with Gasteiger partial charge < -0.3 is 19.8 Å². The van der Waals surface area contributed by atoms with E-state index in [1.807, 2.05) is 27.2 Å². The number of quaternary nitrogens is 1. The fraction of sp³-hybridized carbons (Fsp3) is 0.907. The summed E-state index contributed by atoms with van der Waals surface area (Å²) >= 11 is 0. The van der Waals surface area contributed by atoms with Crippen LogP contribution in [0.5, 0.6) is 0 Å². The second-order valence-corrected chi connectivity index (χ2v) is 21.4. The molecule has 0 saturated heterocycles. The fourth-order valence-corrected chi connectivity index (χ4v) is 8.83. The average molecular weight is 912 g/mol. The van der Waals surface area contributed by atoms with Crippen molar-refractivity contribution in [2.75, 3.05) is 40.9 Å². The fourth-order valence-electron chi connectivity index (χ4n) is 8.10. The van der Waals surface area contributed by atoms with Crippen LogP contribution in [0.25, 0.3) is 0 Å². The number of aliphatic hydroxyl groups is 1. The van der Waals surface area contributed by atoms with Gasteiger partial charge in [0.2, 0.25) is 5.91 Å². The molecule has 0 heterocycles. The minimum atomic E-state index is -4.33. The lowest BCUT2D eigenvalue weighted by Crippen LogP contribution is -2.45. The number of hydrogen-bond acceptors (Lipinski definition) is 5. The lowest BCUT2D eigenvalue weighted by molar-refractivity contribution is -0.870. The monoisotopic (exact) mass is 912 g/mol. The standard InChI is InChI=1S/C54H107N2O6P/c1-6-8-10-12-14-16-17-18-19-20-21-22-23-24-25-26-27-28-29-30-31-32-33-34-35-36-37-38-39-40-42-44-46-48-54(58)55-52(51-62-63(59,60)61-50-49-56(3,4)5)53(57)47-45-43-41-15-13-11-9-7-2/h20-21,45,47,52-53,57H,6-19,22-44,46,48-51H2,1-5H3,(H-,55,58,59,60)/p+1/b21-20-,47-45+. The molecule has 0 aliphatic rings. The third-order valence-electron chi connectivity index (χ3n) is 12.4. The number of carbonyl (C=O) groups excluding carboxylic acids is 1. The molecule has 3 unspecified atom stereocenters. The molecule has 0 bridgehead atoms. The number of hydrogen-bond donors (Lipinski definition) is 3. The van der Waals surface area contributed by atoms with Crippen LogP contribution in [0.1, 0.15) is 264 Å². The molecule has 8 nitrogen and oxygen atoms in total. The SMILES string of the molecule is CCCCCCCC/C=C/C(O)C(COP(=O)(O)OCC[N+](C)(C)C)NC(=O)CCCCCCCCCCCCCCCCCCCCCCC/C=C\CCCCCCCCCC. The zero-order valence-corrected chi connectivity index (χ0v) is 43.5. The van der Waals surface area contributed by atoms with Gasteiger partial charge in [-0.05, 0) is 44.9 Å². The van der Waals surface area contributed by atoms with E-state index in [0.717, 1.165) is 38.5 Å². The number of likely N-dealkylation sites (N-methyl/N-ethyl adjacent to an activating group) is 1. The molecule has 63 heavy (non-hydrogen) atoms. The van der Waals surface area contributed by atoms with Crippen molar-refractivity contribution in [2.24, 2.45) is 0 Å². The lowest BCUT2D eigenvalue weighted by atomic mass is 10.0. The van der Waals surface area contributed by atoms with Gasteiger partial charge in [-0.25, -0.2) is 4.57 Å². The van der Waals surface area contributed by atoms with E-state index in [0.29, 0.717) is 17.4 Å². The summed E-state index contributed by atoms with van der Waals surface area (Å²) in [4.78, 5) is 23.1. The highest BCUT2D eigenvalue weighted by molar-refractivity contribution is 7.47. The largest absolute Gasteiger partial charge is 0.472 e. The van der Waals surface area contributed by atoms with E-state index in [1.54, 1.807) is 6.08 Å². The Kier molecular flexibility index (Phi) is 45.4. The molecular formula is C54H108N2O6P+. The molecule has 0 radical (unpaired) electrons. The minimum absolute atomic E-state index is 0.0633. The molecule has 0 fully saturated rings. The summed E-state index contributed by atoms with van der Waals surface area (Å²) in [5.41, 5.74) is 0. The highest BCUT2D eigenvalue weighted by Crippen LogP contribution is 2.43. The third kappa shape index (κ3) is 48.7. The van der Waals surface area contributed by atoms with Gasteiger partial charge in [-0.1, -0.05) is 237 Å². The normalized spacial score (nSPS) is 14.2. The van der Waals surface area contributed by atoms with Crippen molar-refractivity contribution in [2.45, 2.75) is 276 Å². The van der Waals surface area contributed by atoms with E-state index in [-0.39, 0.29) is 19.1 Å². The molecule has 0 aliphatic heterocycles. The molecule has 9 heteroatoms. The summed E-state index contributed by atoms with van der Waals surface area (Å²) in [7, 11) is 1.58. The van der Waals surface area contributed by atoms with Crippen LogP contribution in [-0.4, -0.2) is 73.4 Å². The van der Waals surface area contributed by atoms with Gasteiger partial charge in [0.1, 0.15) is 13.2 Å². The van der Waals surface area contributed by atoms with Crippen LogP contribution in [0.15, 0.2) is 24.3 Å². The summed E-state index contributed by atoms with van der Waals surface area (Å²) in [6.07, 6.45) is 57.4. The van der Waals surface area contributed by atoms with Crippen molar-refractivity contribution in [3.63, 3.8) is 0 Å². The van der Waals surface area contributed by atoms with E-state index in [4.69, 9.17) is 9.05 Å². The van der Waals surface area contributed by atoms with Gasteiger partial charge in [0.05, 0.1) is 39.9 Å². The first-order valence-corrected chi connectivity index (χ1v) is 28.7. The maximum atomic E-state index is 12.9. The highest BCUT2D eigenvalue weighted by Gasteiger charge is 2.27. The zero-order valence-electron chi connectivity index (χ0n) is 42.6. The van der Waals surface area contributed by atoms with Crippen LogP contribution in [0.2, 0.25) is 0 Å². The van der Waals surface area contributed by atoms with Gasteiger partial charge in [0.15, 0.2) is 0 Å². The van der Waals surface area contributed by atoms with Crippen LogP contribution < -0.4 is 5.32 Å². The Morgan fingerprint density at radius 2 is 0.857 bits per heavy atom. The Bertz CT molecular complexity index is 1080. The molecule has 0 aliphatic carbocycles. The average Bonchev–Trinajstić information content (AvgIpc) is 3.24. The van der Waals surface area contributed by atoms with E-state index >= 15 is 0 Å². The maximum Gasteiger partial charge on any atom is 0.472 e. The number of unbranched alkanes of at least 4 members (excludes halogenated alkanes) is 35. The number of carbonyl (C=O) groups is 1. The van der Waals surface area contributed by atoms with Crippen molar-refractivity contribution in [1.29, 1.82) is 0 Å². The van der Waals surface area contributed by atoms with Crippen molar-refractivity contribution in [3.05, 3.63) is 24.3 Å². The highest BCUT2D eigenvalue weighted by atomic mass is 31.2. The molecule has 3 N–H and O–H groups in total. The molecule has 0 saturated carbocycles. The second-order valence-electron chi connectivity index (χ2n) is 20.0. The first kappa shape index (κ1) is 62.0. The lowest BCUT2D eigenvalue weighted by Gasteiger charge is -2.25. The predicted molar refractivity (Wildman–Crippen MR) is 272 cm³/mol. The number of rotatable bonds is 50. The van der Waals surface area contributed by atoms with Gasteiger partial charge in [-0.15, -0.1) is 0 Å². The van der Waals surface area contributed by atoms with Gasteiger partial charge in [-0.3, -0.25) is 13.8 Å². The second kappa shape index (κ2) is 46.1. The first-order valence-electron chi connectivity index (χ1n) is 27.2. The molecule has 0 rings (SSSR count). The Morgan fingerprint density at radius 3 is 1.22 bits per heavy atom. The van der Waals surface area contributed by atoms with Gasteiger partial charge in [0.25, 0.3) is 0 Å². The molecule has 374 valence electrons. The zero-order chi connectivity index (χ0) is 46.4. The summed E-state index contributed by atoms with van der Waals surface area (Å²) in [5.74, 6) is -0.176. The number of phosphoric ester groups is 1. The van der Waals surface area contributed by atoms with Crippen molar-refractivity contribution in [3.8, 4) is 0 Å². The van der Waals surface area contributed by atoms with E-state index in [1.165, 1.54) is 205 Å². The number of nitrogens with one attached hydrogen (secondary N) is 1. The Labute approximate surface area is 392 Å². The molecule has 1 amide bonds. The first-order chi connectivity index (χ1) is 30.5. The summed E-state index contributed by atoms with van der Waals surface area (Å²) in [6.45, 7) is 4.79. The summed E-state index contributed by atoms with van der Waals surface area (Å²) < 4.78 is 23.5. The van der Waals surface area contributed by atoms with Crippen molar-refractivity contribution >= 4 is 13.7 Å². The van der Waals surface area contributed by atoms with Crippen molar-refractivity contribution in [1.82, 2.24) is 5.32 Å². The van der Waals surface area contributed by atoms with Crippen LogP contribution >= 0.6 is 7.82 Å². The Hall–Kier alpha value is -1.02. The predicted octanol–water partition coefficient (Wildman–Crippen LogP) is 16.0. The number of phosphoric acid groups is 1. The summed E-state index contributed by atoms with van der Waals surface area (Å²) in [5, 5.41) is 13.8. The minimum Gasteiger partial charge on any atom is -0.387 e. The number of aliphatic hydroxyl groups excluding tert-OH is 1. The smallest absolute Gasteiger partial charge is 0.387 e. The quantitative estimate of drug-likeness (QED) is 0.0243. The van der Waals surface area contributed by atoms with Gasteiger partial charge in [-0.2, -0.15) is 0 Å². The topological polar surface area (TPSA) is 105 Å². The van der Waals surface area contributed by atoms with Crippen LogP contribution in [0.4, 0.5) is 0 Å². The van der Waals surface area contributed by atoms with Gasteiger partial charge in [0, 0.05) is 6.42 Å². The summed E-state index contributed by atoms with van der Waals surface area (Å²) in [6, 6.07) is -0.840. The van der Waals surface area contributed by atoms with Crippen LogP contribution in [0, 0.1) is 0 Å². The van der Waals surface area contributed by atoms with Crippen LogP contribution in [0.3, 0.4) is 0 Å². The molecule has 0 aromatic carbocycles. The number of allylic oxidation sites excluding steroid dienone is 3. The van der Waals surface area contributed by atoms with E-state index in [9.17, 15) is 19.4 Å². The van der Waals surface area contributed by atoms with Crippen molar-refractivity contribution < 1.29 is 32.9 Å². The molecule has 3 atom stereocenters. The number of amides is 1. The molecule has 0 aromatic heterocycles. The van der Waals surface area contributed by atoms with E-state index in [2.05, 4.69) is 31.3 Å². The molecule has 0 spiro atoms. The van der Waals surface area contributed by atoms with Gasteiger partial charge >= 0.3 is 7.82 Å². The maximum absolute atomic E-state index is 12.9. The Balaban J connectivity index is 3.86. The van der Waals surface area contributed by atoms with E-state index < -0.39 is 20.0 Å². The number of nitrogens with zero attached hydrogens (tertiary/aromatic N) is 1.